The molecule has 0 spiro atoms. The number of nitrogens with one attached hydrogen (secondary N) is 2. The number of benzene rings is 1. The predicted molar refractivity (Wildman–Crippen MR) is 124 cm³/mol. The maximum atomic E-state index is 11.6. The van der Waals surface area contributed by atoms with E-state index in [0.29, 0.717) is 12.1 Å². The van der Waals surface area contributed by atoms with E-state index in [1.807, 2.05) is 31.3 Å². The average molecular weight is 499 g/mol. The van der Waals surface area contributed by atoms with Crippen LogP contribution in [0.15, 0.2) is 46.8 Å². The van der Waals surface area contributed by atoms with Crippen molar-refractivity contribution in [1.29, 1.82) is 0 Å². The van der Waals surface area contributed by atoms with Crippen molar-refractivity contribution in [2.24, 2.45) is 4.99 Å². The van der Waals surface area contributed by atoms with Gasteiger partial charge in [0.1, 0.15) is 0 Å². The minimum Gasteiger partial charge on any atom is -0.360 e. The van der Waals surface area contributed by atoms with Crippen LogP contribution in [0.2, 0.25) is 0 Å². The van der Waals surface area contributed by atoms with Crippen LogP contribution in [0, 0.1) is 0 Å². The zero-order valence-corrected chi connectivity index (χ0v) is 18.8. The van der Waals surface area contributed by atoms with Gasteiger partial charge < -0.3 is 20.4 Å². The molecule has 1 aromatic carbocycles. The minimum absolute atomic E-state index is 0. The van der Waals surface area contributed by atoms with Crippen molar-refractivity contribution in [3.8, 4) is 0 Å². The standard InChI is InChI=1S/C19H25N5OS.HI/c1-20-18(25)16-7-5-15(6-8-16)14-22-19(21-2)24-11-9-23(10-12-24)17-4-3-13-26-17;/h3-8,13H,9-12,14H2,1-2H3,(H,20,25)(H,21,22);1H. The third-order valence-electron chi connectivity index (χ3n) is 4.50. The third kappa shape index (κ3) is 5.58. The summed E-state index contributed by atoms with van der Waals surface area (Å²) < 4.78 is 0. The smallest absolute Gasteiger partial charge is 0.251 e. The topological polar surface area (TPSA) is 60.0 Å². The summed E-state index contributed by atoms with van der Waals surface area (Å²) in [7, 11) is 3.46. The summed E-state index contributed by atoms with van der Waals surface area (Å²) in [6, 6.07) is 11.9. The number of piperazine rings is 1. The highest BCUT2D eigenvalue weighted by atomic mass is 127. The third-order valence-corrected chi connectivity index (χ3v) is 5.43. The van der Waals surface area contributed by atoms with Gasteiger partial charge in [0.25, 0.3) is 5.91 Å². The molecule has 6 nitrogen and oxygen atoms in total. The van der Waals surface area contributed by atoms with E-state index < -0.39 is 0 Å². The molecule has 8 heteroatoms. The Kier molecular flexibility index (Phi) is 8.36. The van der Waals surface area contributed by atoms with Crippen LogP contribution in [-0.4, -0.2) is 57.0 Å². The second-order valence-corrected chi connectivity index (χ2v) is 7.03. The summed E-state index contributed by atoms with van der Waals surface area (Å²) in [5, 5.41) is 9.52. The minimum atomic E-state index is -0.0658. The molecule has 2 aromatic rings. The molecule has 0 bridgehead atoms. The van der Waals surface area contributed by atoms with E-state index in [1.54, 1.807) is 18.4 Å². The van der Waals surface area contributed by atoms with Gasteiger partial charge in [-0.15, -0.1) is 35.3 Å². The molecule has 0 unspecified atom stereocenters. The fraction of sp³-hybridized carbons (Fsp3) is 0.368. The number of hydrogen-bond acceptors (Lipinski definition) is 4. The quantitative estimate of drug-likeness (QED) is 0.386. The van der Waals surface area contributed by atoms with Gasteiger partial charge in [-0.2, -0.15) is 0 Å². The number of halogens is 1. The Bertz CT molecular complexity index is 740. The first-order chi connectivity index (χ1) is 12.7. The van der Waals surface area contributed by atoms with Gasteiger partial charge in [-0.25, -0.2) is 0 Å². The number of anilines is 1. The van der Waals surface area contributed by atoms with Crippen LogP contribution in [-0.2, 0) is 6.54 Å². The van der Waals surface area contributed by atoms with Crippen LogP contribution in [0.4, 0.5) is 5.00 Å². The molecule has 1 aromatic heterocycles. The molecule has 1 aliphatic heterocycles. The Hall–Kier alpha value is -1.81. The summed E-state index contributed by atoms with van der Waals surface area (Å²) >= 11 is 1.79. The zero-order chi connectivity index (χ0) is 18.4. The van der Waals surface area contributed by atoms with E-state index in [1.165, 1.54) is 5.00 Å². The number of aliphatic imine (C=N–C) groups is 1. The van der Waals surface area contributed by atoms with Crippen molar-refractivity contribution in [2.75, 3.05) is 45.2 Å². The van der Waals surface area contributed by atoms with Crippen LogP contribution in [0.5, 0.6) is 0 Å². The molecule has 1 saturated heterocycles. The van der Waals surface area contributed by atoms with E-state index in [2.05, 4.69) is 42.9 Å². The van der Waals surface area contributed by atoms with Gasteiger partial charge in [-0.05, 0) is 35.2 Å². The Morgan fingerprint density at radius 1 is 1.15 bits per heavy atom. The Morgan fingerprint density at radius 2 is 1.85 bits per heavy atom. The maximum absolute atomic E-state index is 11.6. The number of thiophene rings is 1. The highest BCUT2D eigenvalue weighted by Crippen LogP contribution is 2.22. The van der Waals surface area contributed by atoms with Gasteiger partial charge in [-0.3, -0.25) is 9.79 Å². The number of guanidine groups is 1. The lowest BCUT2D eigenvalue weighted by molar-refractivity contribution is 0.0963. The normalized spacial score (nSPS) is 14.5. The molecular weight excluding hydrogens is 473 g/mol. The number of carbonyl (C=O) groups is 1. The van der Waals surface area contributed by atoms with E-state index >= 15 is 0 Å². The van der Waals surface area contributed by atoms with Crippen LogP contribution < -0.4 is 15.5 Å². The fourth-order valence-corrected chi connectivity index (χ4v) is 3.81. The molecule has 0 aliphatic carbocycles. The monoisotopic (exact) mass is 499 g/mol. The molecular formula is C19H26IN5OS. The summed E-state index contributed by atoms with van der Waals surface area (Å²) in [6.07, 6.45) is 0. The lowest BCUT2D eigenvalue weighted by Crippen LogP contribution is -2.52. The number of amides is 1. The Balaban J connectivity index is 0.00000261. The van der Waals surface area contributed by atoms with E-state index in [9.17, 15) is 4.79 Å². The maximum Gasteiger partial charge on any atom is 0.251 e. The highest BCUT2D eigenvalue weighted by Gasteiger charge is 2.20. The second kappa shape index (κ2) is 10.5. The zero-order valence-electron chi connectivity index (χ0n) is 15.6. The average Bonchev–Trinajstić information content (AvgIpc) is 3.23. The van der Waals surface area contributed by atoms with Gasteiger partial charge in [0, 0.05) is 52.4 Å². The molecule has 2 heterocycles. The molecule has 146 valence electrons. The van der Waals surface area contributed by atoms with E-state index in [-0.39, 0.29) is 29.9 Å². The van der Waals surface area contributed by atoms with Gasteiger partial charge in [0.05, 0.1) is 5.00 Å². The molecule has 3 rings (SSSR count). The lowest BCUT2D eigenvalue weighted by atomic mass is 10.1. The van der Waals surface area contributed by atoms with Gasteiger partial charge in [-0.1, -0.05) is 12.1 Å². The fourth-order valence-electron chi connectivity index (χ4n) is 3.02. The van der Waals surface area contributed by atoms with E-state index in [4.69, 9.17) is 0 Å². The van der Waals surface area contributed by atoms with Gasteiger partial charge >= 0.3 is 0 Å². The van der Waals surface area contributed by atoms with E-state index in [0.717, 1.165) is 37.7 Å². The largest absolute Gasteiger partial charge is 0.360 e. The molecule has 1 aliphatic rings. The predicted octanol–water partition coefficient (Wildman–Crippen LogP) is 2.62. The second-order valence-electron chi connectivity index (χ2n) is 6.10. The molecule has 2 N–H and O–H groups in total. The number of carbonyl (C=O) groups excluding carboxylic acids is 1. The Morgan fingerprint density at radius 3 is 2.41 bits per heavy atom. The molecule has 27 heavy (non-hydrogen) atoms. The van der Waals surface area contributed by atoms with Crippen molar-refractivity contribution in [2.45, 2.75) is 6.54 Å². The van der Waals surface area contributed by atoms with Gasteiger partial charge in [0.2, 0.25) is 0 Å². The van der Waals surface area contributed by atoms with Crippen molar-refractivity contribution in [3.05, 3.63) is 52.9 Å². The SMILES string of the molecule is CN=C(NCc1ccc(C(=O)NC)cc1)N1CCN(c2cccs2)CC1.I. The summed E-state index contributed by atoms with van der Waals surface area (Å²) in [6.45, 7) is 4.59. The molecule has 0 atom stereocenters. The van der Waals surface area contributed by atoms with Crippen LogP contribution >= 0.6 is 35.3 Å². The van der Waals surface area contributed by atoms with Crippen molar-refractivity contribution >= 4 is 52.2 Å². The summed E-state index contributed by atoms with van der Waals surface area (Å²) in [5.41, 5.74) is 1.79. The number of nitrogens with zero attached hydrogens (tertiary/aromatic N) is 3. The lowest BCUT2D eigenvalue weighted by Gasteiger charge is -2.37. The van der Waals surface area contributed by atoms with Gasteiger partial charge in [0.15, 0.2) is 5.96 Å². The summed E-state index contributed by atoms with van der Waals surface area (Å²) in [5.74, 6) is 0.857. The van der Waals surface area contributed by atoms with Crippen LogP contribution in [0.25, 0.3) is 0 Å². The number of hydrogen-bond donors (Lipinski definition) is 2. The Labute approximate surface area is 181 Å². The van der Waals surface area contributed by atoms with Crippen molar-refractivity contribution < 1.29 is 4.79 Å². The first kappa shape index (κ1) is 21.5. The molecule has 0 radical (unpaired) electrons. The van der Waals surface area contributed by atoms with Crippen molar-refractivity contribution in [1.82, 2.24) is 15.5 Å². The van der Waals surface area contributed by atoms with Crippen LogP contribution in [0.3, 0.4) is 0 Å². The highest BCUT2D eigenvalue weighted by molar-refractivity contribution is 14.0. The van der Waals surface area contributed by atoms with Crippen LogP contribution in [0.1, 0.15) is 15.9 Å². The molecule has 1 amide bonds. The molecule has 0 saturated carbocycles. The number of rotatable bonds is 4. The summed E-state index contributed by atoms with van der Waals surface area (Å²) in [4.78, 5) is 20.7. The molecule has 1 fully saturated rings. The first-order valence-corrected chi connectivity index (χ1v) is 9.64. The first-order valence-electron chi connectivity index (χ1n) is 8.76. The van der Waals surface area contributed by atoms with Crippen molar-refractivity contribution in [3.63, 3.8) is 0 Å².